The largest absolute Gasteiger partial charge is 0.495 e. The number of methoxy groups -OCH3 is 1. The van der Waals surface area contributed by atoms with Crippen LogP contribution in [0.2, 0.25) is 0 Å². The number of carbonyl (C=O) groups is 1. The number of thiazole rings is 1. The first-order valence-electron chi connectivity index (χ1n) is 8.62. The van der Waals surface area contributed by atoms with E-state index in [9.17, 15) is 4.79 Å². The Labute approximate surface area is 161 Å². The molecule has 26 heavy (non-hydrogen) atoms. The molecule has 0 unspecified atom stereocenters. The molecule has 4 rings (SSSR count). The number of carbonyl (C=O) groups excluding carboxylic acids is 1. The number of nitrogens with zero attached hydrogens (tertiary/aromatic N) is 2. The summed E-state index contributed by atoms with van der Waals surface area (Å²) in [5, 5.41) is 5.02. The van der Waals surface area contributed by atoms with E-state index in [0.29, 0.717) is 6.42 Å². The number of fused-ring (bicyclic) bond motifs is 1. The van der Waals surface area contributed by atoms with E-state index in [0.717, 1.165) is 46.4 Å². The molecule has 2 aromatic heterocycles. The van der Waals surface area contributed by atoms with Crippen LogP contribution in [0, 0.1) is 6.92 Å². The summed E-state index contributed by atoms with van der Waals surface area (Å²) in [6, 6.07) is 8.10. The van der Waals surface area contributed by atoms with Crippen molar-refractivity contribution in [1.82, 2.24) is 4.98 Å². The second-order valence-corrected chi connectivity index (χ2v) is 8.16. The molecule has 0 saturated heterocycles. The van der Waals surface area contributed by atoms with E-state index < -0.39 is 0 Å². The monoisotopic (exact) mass is 384 g/mol. The maximum atomic E-state index is 13.0. The van der Waals surface area contributed by atoms with Gasteiger partial charge < -0.3 is 9.64 Å². The van der Waals surface area contributed by atoms with Crippen LogP contribution < -0.4 is 9.64 Å². The first-order chi connectivity index (χ1) is 12.7. The number of hydrogen-bond donors (Lipinski definition) is 0. The van der Waals surface area contributed by atoms with Gasteiger partial charge in [-0.3, -0.25) is 4.79 Å². The van der Waals surface area contributed by atoms with E-state index in [1.807, 2.05) is 27.8 Å². The standard InChI is InChI=1S/C20H20N2O2S2/c1-13-7-8-16(24-2)19-15(13)5-3-9-22(19)18(23)11-14-12-26-20(21-14)17-6-4-10-25-17/h4,6-8,10,12H,3,5,9,11H2,1-2H3. The van der Waals surface area contributed by atoms with Gasteiger partial charge in [0.15, 0.2) is 0 Å². The fourth-order valence-corrected chi connectivity index (χ4v) is 5.05. The molecule has 0 saturated carbocycles. The highest BCUT2D eigenvalue weighted by Crippen LogP contribution is 2.38. The molecule has 0 bridgehead atoms. The van der Waals surface area contributed by atoms with Crippen molar-refractivity contribution in [3.8, 4) is 15.6 Å². The molecule has 1 aromatic carbocycles. The molecule has 0 N–H and O–H groups in total. The van der Waals surface area contributed by atoms with Crippen LogP contribution in [0.1, 0.15) is 23.2 Å². The second-order valence-electron chi connectivity index (χ2n) is 6.36. The Kier molecular flexibility index (Phi) is 4.78. The van der Waals surface area contributed by atoms with Gasteiger partial charge in [0.05, 0.1) is 29.8 Å². The molecule has 0 spiro atoms. The Morgan fingerprint density at radius 2 is 2.19 bits per heavy atom. The summed E-state index contributed by atoms with van der Waals surface area (Å²) in [4.78, 5) is 20.7. The number of rotatable bonds is 4. The molecule has 1 aliphatic heterocycles. The average molecular weight is 385 g/mol. The van der Waals surface area contributed by atoms with Gasteiger partial charge >= 0.3 is 0 Å². The molecular formula is C20H20N2O2S2. The predicted octanol–water partition coefficient (Wildman–Crippen LogP) is 4.71. The Hall–Kier alpha value is -2.18. The highest BCUT2D eigenvalue weighted by Gasteiger charge is 2.27. The molecule has 0 atom stereocenters. The van der Waals surface area contributed by atoms with Crippen molar-refractivity contribution in [2.24, 2.45) is 0 Å². The van der Waals surface area contributed by atoms with Gasteiger partial charge in [-0.25, -0.2) is 4.98 Å². The van der Waals surface area contributed by atoms with E-state index in [-0.39, 0.29) is 5.91 Å². The van der Waals surface area contributed by atoms with Gasteiger partial charge in [-0.1, -0.05) is 12.1 Å². The summed E-state index contributed by atoms with van der Waals surface area (Å²) in [6.45, 7) is 2.83. The Morgan fingerprint density at radius 1 is 1.31 bits per heavy atom. The lowest BCUT2D eigenvalue weighted by Crippen LogP contribution is -2.37. The van der Waals surface area contributed by atoms with Gasteiger partial charge in [0, 0.05) is 11.9 Å². The van der Waals surface area contributed by atoms with Gasteiger partial charge in [0.25, 0.3) is 0 Å². The predicted molar refractivity (Wildman–Crippen MR) is 108 cm³/mol. The molecule has 0 aliphatic carbocycles. The average Bonchev–Trinajstić information content (AvgIpc) is 3.33. The molecule has 3 heterocycles. The quantitative estimate of drug-likeness (QED) is 0.654. The van der Waals surface area contributed by atoms with Crippen molar-refractivity contribution in [3.05, 3.63) is 51.8 Å². The lowest BCUT2D eigenvalue weighted by molar-refractivity contribution is -0.118. The fourth-order valence-electron chi connectivity index (χ4n) is 3.42. The third-order valence-corrected chi connectivity index (χ3v) is 6.63. The van der Waals surface area contributed by atoms with E-state index in [2.05, 4.69) is 24.0 Å². The maximum Gasteiger partial charge on any atom is 0.233 e. The Balaban J connectivity index is 1.60. The topological polar surface area (TPSA) is 42.4 Å². The van der Waals surface area contributed by atoms with Gasteiger partial charge in [-0.2, -0.15) is 0 Å². The molecule has 3 aromatic rings. The van der Waals surface area contributed by atoms with Crippen LogP contribution in [0.25, 0.3) is 9.88 Å². The fraction of sp³-hybridized carbons (Fsp3) is 0.300. The summed E-state index contributed by atoms with van der Waals surface area (Å²) in [5.41, 5.74) is 4.22. The van der Waals surface area contributed by atoms with Crippen LogP contribution in [0.4, 0.5) is 5.69 Å². The van der Waals surface area contributed by atoms with E-state index in [4.69, 9.17) is 4.74 Å². The zero-order valence-corrected chi connectivity index (χ0v) is 16.5. The van der Waals surface area contributed by atoms with Crippen molar-refractivity contribution in [3.63, 3.8) is 0 Å². The smallest absolute Gasteiger partial charge is 0.233 e. The second kappa shape index (κ2) is 7.21. The molecule has 1 aliphatic rings. The number of hydrogen-bond acceptors (Lipinski definition) is 5. The third kappa shape index (κ3) is 3.15. The molecule has 134 valence electrons. The summed E-state index contributed by atoms with van der Waals surface area (Å²) in [6.07, 6.45) is 2.28. The minimum atomic E-state index is 0.0814. The van der Waals surface area contributed by atoms with Gasteiger partial charge in [0.1, 0.15) is 10.8 Å². The van der Waals surface area contributed by atoms with Crippen LogP contribution in [-0.2, 0) is 17.6 Å². The summed E-state index contributed by atoms with van der Waals surface area (Å²) in [7, 11) is 1.66. The Morgan fingerprint density at radius 3 is 2.96 bits per heavy atom. The lowest BCUT2D eigenvalue weighted by atomic mass is 9.96. The van der Waals surface area contributed by atoms with Gasteiger partial charge in [-0.05, 0) is 48.4 Å². The van der Waals surface area contributed by atoms with Crippen LogP contribution in [0.5, 0.6) is 5.75 Å². The zero-order chi connectivity index (χ0) is 18.1. The van der Waals surface area contributed by atoms with Gasteiger partial charge in [-0.15, -0.1) is 22.7 Å². The first-order valence-corrected chi connectivity index (χ1v) is 10.4. The summed E-state index contributed by atoms with van der Waals surface area (Å²) < 4.78 is 5.55. The normalized spacial score (nSPS) is 13.5. The molecule has 0 radical (unpaired) electrons. The van der Waals surface area contributed by atoms with Crippen molar-refractivity contribution in [1.29, 1.82) is 0 Å². The SMILES string of the molecule is COc1ccc(C)c2c1N(C(=O)Cc1csc(-c3cccs3)n1)CCC2. The summed E-state index contributed by atoms with van der Waals surface area (Å²) >= 11 is 3.27. The van der Waals surface area contributed by atoms with Gasteiger partial charge in [0.2, 0.25) is 5.91 Å². The third-order valence-electron chi connectivity index (χ3n) is 4.70. The van der Waals surface area contributed by atoms with E-state index in [1.54, 1.807) is 29.8 Å². The van der Waals surface area contributed by atoms with Crippen LogP contribution >= 0.6 is 22.7 Å². The van der Waals surface area contributed by atoms with E-state index in [1.165, 1.54) is 11.1 Å². The number of anilines is 1. The number of amides is 1. The molecule has 6 heteroatoms. The van der Waals surface area contributed by atoms with Crippen LogP contribution in [0.3, 0.4) is 0 Å². The lowest BCUT2D eigenvalue weighted by Gasteiger charge is -2.32. The molecule has 0 fully saturated rings. The summed E-state index contributed by atoms with van der Waals surface area (Å²) in [5.74, 6) is 0.856. The number of benzene rings is 1. The highest BCUT2D eigenvalue weighted by molar-refractivity contribution is 7.20. The first kappa shape index (κ1) is 17.2. The van der Waals surface area contributed by atoms with Crippen molar-refractivity contribution < 1.29 is 9.53 Å². The van der Waals surface area contributed by atoms with Crippen molar-refractivity contribution in [2.45, 2.75) is 26.2 Å². The number of thiophene rings is 1. The Bertz CT molecular complexity index is 931. The number of ether oxygens (including phenoxy) is 1. The highest BCUT2D eigenvalue weighted by atomic mass is 32.1. The van der Waals surface area contributed by atoms with Crippen LogP contribution in [0.15, 0.2) is 35.0 Å². The molecular weight excluding hydrogens is 364 g/mol. The van der Waals surface area contributed by atoms with Crippen molar-refractivity contribution >= 4 is 34.3 Å². The maximum absolute atomic E-state index is 13.0. The molecule has 4 nitrogen and oxygen atoms in total. The minimum absolute atomic E-state index is 0.0814. The molecule has 1 amide bonds. The zero-order valence-electron chi connectivity index (χ0n) is 14.8. The van der Waals surface area contributed by atoms with E-state index >= 15 is 0 Å². The van der Waals surface area contributed by atoms with Crippen LogP contribution in [-0.4, -0.2) is 24.5 Å². The van der Waals surface area contributed by atoms with Crippen molar-refractivity contribution in [2.75, 3.05) is 18.6 Å². The number of aromatic nitrogens is 1. The minimum Gasteiger partial charge on any atom is -0.495 e. The number of aryl methyl sites for hydroxylation is 1.